The molecule has 23 heavy (non-hydrogen) atoms. The van der Waals surface area contributed by atoms with Crippen LogP contribution >= 0.6 is 0 Å². The molecule has 5 rings (SSSR count). The van der Waals surface area contributed by atoms with Gasteiger partial charge in [0.2, 0.25) is 0 Å². The van der Waals surface area contributed by atoms with Crippen LogP contribution in [0.2, 0.25) is 0 Å². The van der Waals surface area contributed by atoms with Gasteiger partial charge in [-0.2, -0.15) is 18.2 Å². The van der Waals surface area contributed by atoms with E-state index in [2.05, 4.69) is 54.6 Å². The maximum absolute atomic E-state index is 2.24. The van der Waals surface area contributed by atoms with Gasteiger partial charge in [0.1, 0.15) is 0 Å². The van der Waals surface area contributed by atoms with Gasteiger partial charge in [0.05, 0.1) is 0 Å². The standard InChI is InChI=1S/C13H9.C5H5.C4H6.Zr/c1-3-7-12-10(5-1)9-11-6-2-4-8-13(11)12;1-2-4-5-3-1;1-2-4-3-1;/h1-9H;1-5H;1-3H2;/q2*-1;;+2. The van der Waals surface area contributed by atoms with E-state index >= 15 is 0 Å². The molecule has 0 saturated heterocycles. The summed E-state index contributed by atoms with van der Waals surface area (Å²) >= 11 is 1.67. The van der Waals surface area contributed by atoms with E-state index in [0.717, 1.165) is 0 Å². The van der Waals surface area contributed by atoms with E-state index in [1.165, 1.54) is 40.8 Å². The molecule has 0 heterocycles. The minimum atomic E-state index is 1.34. The molecule has 0 nitrogen and oxygen atoms in total. The molecular formula is C22H20Zr. The zero-order chi connectivity index (χ0) is 15.9. The molecule has 0 aromatic heterocycles. The molecule has 0 spiro atoms. The third-order valence-corrected chi connectivity index (χ3v) is 5.26. The van der Waals surface area contributed by atoms with Crippen molar-refractivity contribution in [2.45, 2.75) is 19.3 Å². The van der Waals surface area contributed by atoms with Crippen molar-refractivity contribution in [3.63, 3.8) is 0 Å². The molecule has 1 saturated carbocycles. The topological polar surface area (TPSA) is 0 Å². The van der Waals surface area contributed by atoms with Gasteiger partial charge in [0.25, 0.3) is 0 Å². The van der Waals surface area contributed by atoms with Gasteiger partial charge in [-0.15, -0.1) is 39.7 Å². The minimum Gasteiger partial charge on any atom is -0.214 e. The first-order valence-corrected chi connectivity index (χ1v) is 9.33. The Morgan fingerprint density at radius 3 is 1.52 bits per heavy atom. The van der Waals surface area contributed by atoms with E-state index in [0.29, 0.717) is 0 Å². The van der Waals surface area contributed by atoms with Crippen LogP contribution in [0.5, 0.6) is 0 Å². The van der Waals surface area contributed by atoms with Crippen LogP contribution in [0, 0.1) is 0 Å². The fourth-order valence-electron chi connectivity index (χ4n) is 2.58. The van der Waals surface area contributed by atoms with Gasteiger partial charge in [0.15, 0.2) is 0 Å². The molecule has 112 valence electrons. The molecule has 4 aromatic rings. The first-order valence-electron chi connectivity index (χ1n) is 8.11. The van der Waals surface area contributed by atoms with Gasteiger partial charge in [-0.25, -0.2) is 12.1 Å². The number of fused-ring (bicyclic) bond motifs is 3. The van der Waals surface area contributed by atoms with Gasteiger partial charge < -0.3 is 0 Å². The van der Waals surface area contributed by atoms with Gasteiger partial charge in [-0.1, -0.05) is 36.4 Å². The van der Waals surface area contributed by atoms with Crippen molar-refractivity contribution in [1.82, 2.24) is 0 Å². The zero-order valence-corrected chi connectivity index (χ0v) is 15.7. The molecule has 1 heteroatoms. The summed E-state index contributed by atoms with van der Waals surface area (Å²) in [7, 11) is 0. The van der Waals surface area contributed by atoms with E-state index in [1.54, 1.807) is 27.4 Å². The molecule has 0 aliphatic heterocycles. The second-order valence-electron chi connectivity index (χ2n) is 5.74. The summed E-state index contributed by atoms with van der Waals surface area (Å²) in [6, 6.07) is 29.3. The third kappa shape index (κ3) is 4.46. The Kier molecular flexibility index (Phi) is 5.89. The Balaban J connectivity index is 0.000000128. The van der Waals surface area contributed by atoms with Crippen LogP contribution in [0.4, 0.5) is 0 Å². The number of benzene rings is 2. The molecule has 1 aliphatic carbocycles. The van der Waals surface area contributed by atoms with Crippen molar-refractivity contribution < 1.29 is 24.2 Å². The van der Waals surface area contributed by atoms with Crippen LogP contribution in [0.1, 0.15) is 19.3 Å². The van der Waals surface area contributed by atoms with Gasteiger partial charge in [0, 0.05) is 0 Å². The molecule has 0 unspecified atom stereocenters. The quantitative estimate of drug-likeness (QED) is 0.330. The van der Waals surface area contributed by atoms with Crippen molar-refractivity contribution in [3.05, 3.63) is 84.9 Å². The van der Waals surface area contributed by atoms with Crippen LogP contribution in [-0.4, -0.2) is 3.21 Å². The SMILES string of the molecule is [Zr+2]=[C]1CCC1.c1cc[cH-]c1.c1ccc2c(c1)[cH-]c1ccccc12. The Morgan fingerprint density at radius 2 is 1.17 bits per heavy atom. The van der Waals surface area contributed by atoms with Crippen LogP contribution in [0.3, 0.4) is 0 Å². The molecule has 1 aliphatic rings. The predicted octanol–water partition coefficient (Wildman–Crippen LogP) is 6.01. The summed E-state index contributed by atoms with van der Waals surface area (Å²) < 4.78 is 1.78. The van der Waals surface area contributed by atoms with Crippen LogP contribution in [0.15, 0.2) is 84.9 Å². The summed E-state index contributed by atoms with van der Waals surface area (Å²) in [5, 5.41) is 5.39. The first-order chi connectivity index (χ1) is 11.3. The summed E-state index contributed by atoms with van der Waals surface area (Å²) in [6.45, 7) is 0. The van der Waals surface area contributed by atoms with Crippen LogP contribution in [-0.2, 0) is 24.2 Å². The van der Waals surface area contributed by atoms with Crippen LogP contribution < -0.4 is 0 Å². The van der Waals surface area contributed by atoms with Gasteiger partial charge >= 0.3 is 46.7 Å². The molecule has 0 radical (unpaired) electrons. The van der Waals surface area contributed by atoms with Gasteiger partial charge in [-0.3, -0.25) is 0 Å². The van der Waals surface area contributed by atoms with Crippen molar-refractivity contribution in [2.75, 3.05) is 0 Å². The molecular weight excluding hydrogens is 355 g/mol. The summed E-state index contributed by atoms with van der Waals surface area (Å²) in [5.74, 6) is 0. The Labute approximate surface area is 152 Å². The van der Waals surface area contributed by atoms with E-state index in [4.69, 9.17) is 0 Å². The van der Waals surface area contributed by atoms with Crippen LogP contribution in [0.25, 0.3) is 21.5 Å². The number of rotatable bonds is 0. The van der Waals surface area contributed by atoms with E-state index < -0.39 is 0 Å². The predicted molar refractivity (Wildman–Crippen MR) is 97.9 cm³/mol. The molecule has 1 fully saturated rings. The second kappa shape index (κ2) is 8.32. The molecule has 0 amide bonds. The third-order valence-electron chi connectivity index (χ3n) is 4.04. The summed E-state index contributed by atoms with van der Waals surface area (Å²) in [4.78, 5) is 0. The van der Waals surface area contributed by atoms with Crippen molar-refractivity contribution in [3.8, 4) is 0 Å². The van der Waals surface area contributed by atoms with Gasteiger partial charge in [-0.05, 0) is 0 Å². The Bertz CT molecular complexity index is 792. The monoisotopic (exact) mass is 374 g/mol. The number of hydrogen-bond acceptors (Lipinski definition) is 0. The fraction of sp³-hybridized carbons (Fsp3) is 0.136. The Morgan fingerprint density at radius 1 is 0.696 bits per heavy atom. The maximum Gasteiger partial charge on any atom is -0.0771 e. The molecule has 0 N–H and O–H groups in total. The van der Waals surface area contributed by atoms with Crippen molar-refractivity contribution >= 4 is 24.8 Å². The molecule has 4 aromatic carbocycles. The van der Waals surface area contributed by atoms with E-state index in [1.807, 2.05) is 30.3 Å². The van der Waals surface area contributed by atoms with Crippen molar-refractivity contribution in [1.29, 1.82) is 0 Å². The summed E-state index contributed by atoms with van der Waals surface area (Å²) in [6.07, 6.45) is 4.36. The number of hydrogen-bond donors (Lipinski definition) is 0. The normalized spacial score (nSPS) is 12.9. The van der Waals surface area contributed by atoms with Crippen molar-refractivity contribution in [2.24, 2.45) is 0 Å². The second-order valence-corrected chi connectivity index (χ2v) is 7.48. The summed E-state index contributed by atoms with van der Waals surface area (Å²) in [5.41, 5.74) is 0. The average molecular weight is 376 g/mol. The molecule has 0 bridgehead atoms. The molecule has 0 atom stereocenters. The fourth-order valence-corrected chi connectivity index (χ4v) is 3.45. The van der Waals surface area contributed by atoms with E-state index in [9.17, 15) is 0 Å². The first kappa shape index (κ1) is 16.3. The largest absolute Gasteiger partial charge is 0.214 e. The zero-order valence-electron chi connectivity index (χ0n) is 13.2. The Hall–Kier alpha value is -1.59. The smallest absolute Gasteiger partial charge is 0.0771 e. The minimum absolute atomic E-state index is 1.34. The maximum atomic E-state index is 2.24. The van der Waals surface area contributed by atoms with E-state index in [-0.39, 0.29) is 0 Å². The average Bonchev–Trinajstić information content (AvgIpc) is 3.24.